The molecule has 1 unspecified atom stereocenters. The lowest BCUT2D eigenvalue weighted by molar-refractivity contribution is -0.127. The van der Waals surface area contributed by atoms with Gasteiger partial charge >= 0.3 is 0 Å². The third-order valence-corrected chi connectivity index (χ3v) is 5.23. The summed E-state index contributed by atoms with van der Waals surface area (Å²) in [7, 11) is 1.86. The number of aromatic nitrogens is 5. The van der Waals surface area contributed by atoms with Crippen LogP contribution in [0, 0.1) is 5.92 Å². The second-order valence-electron chi connectivity index (χ2n) is 7.44. The van der Waals surface area contributed by atoms with Gasteiger partial charge in [0.1, 0.15) is 18.0 Å². The Kier molecular flexibility index (Phi) is 6.12. The second kappa shape index (κ2) is 9.30. The van der Waals surface area contributed by atoms with Crippen LogP contribution >= 0.6 is 0 Å². The zero-order chi connectivity index (χ0) is 20.8. The lowest BCUT2D eigenvalue weighted by Gasteiger charge is -2.32. The van der Waals surface area contributed by atoms with E-state index in [1.165, 1.54) is 0 Å². The molecule has 1 aliphatic heterocycles. The molecule has 3 aromatic heterocycles. The molecule has 154 valence electrons. The van der Waals surface area contributed by atoms with Gasteiger partial charge in [0.25, 0.3) is 0 Å². The predicted molar refractivity (Wildman–Crippen MR) is 115 cm³/mol. The Bertz CT molecular complexity index is 1020. The second-order valence-corrected chi connectivity index (χ2v) is 7.44. The number of anilines is 2. The first-order chi connectivity index (χ1) is 14.7. The molecule has 0 spiro atoms. The van der Waals surface area contributed by atoms with Gasteiger partial charge in [-0.15, -0.1) is 0 Å². The Balaban J connectivity index is 1.36. The minimum atomic E-state index is 0.0427. The van der Waals surface area contributed by atoms with Crippen molar-refractivity contribution >= 4 is 23.6 Å². The molecular weight excluding hydrogens is 378 g/mol. The monoisotopic (exact) mass is 403 g/mol. The number of hydrogen-bond acceptors (Lipinski definition) is 6. The van der Waals surface area contributed by atoms with E-state index >= 15 is 0 Å². The fourth-order valence-electron chi connectivity index (χ4n) is 3.68. The van der Waals surface area contributed by atoms with Crippen LogP contribution in [-0.4, -0.2) is 48.6 Å². The summed E-state index contributed by atoms with van der Waals surface area (Å²) in [6.07, 6.45) is 11.4. The Morgan fingerprint density at radius 1 is 1.20 bits per heavy atom. The van der Waals surface area contributed by atoms with Gasteiger partial charge in [-0.25, -0.2) is 15.0 Å². The summed E-state index contributed by atoms with van der Waals surface area (Å²) in [6, 6.07) is 9.53. The molecule has 8 nitrogen and oxygen atoms in total. The van der Waals surface area contributed by atoms with E-state index in [0.29, 0.717) is 5.92 Å². The zero-order valence-electron chi connectivity index (χ0n) is 17.0. The summed E-state index contributed by atoms with van der Waals surface area (Å²) >= 11 is 0. The third-order valence-electron chi connectivity index (χ3n) is 5.23. The van der Waals surface area contributed by atoms with Crippen molar-refractivity contribution in [2.45, 2.75) is 19.3 Å². The minimum Gasteiger partial charge on any atom is -0.339 e. The molecule has 1 fully saturated rings. The molecule has 1 amide bonds. The average molecular weight is 403 g/mol. The number of piperidine rings is 1. The number of rotatable bonds is 6. The molecule has 0 radical (unpaired) electrons. The number of nitrogens with zero attached hydrogens (tertiary/aromatic N) is 6. The fraction of sp³-hybridized carbons (Fsp3) is 0.318. The van der Waals surface area contributed by atoms with Gasteiger partial charge in [-0.2, -0.15) is 5.10 Å². The van der Waals surface area contributed by atoms with Gasteiger partial charge in [-0.1, -0.05) is 6.07 Å². The normalized spacial score (nSPS) is 16.7. The van der Waals surface area contributed by atoms with Crippen molar-refractivity contribution in [1.29, 1.82) is 0 Å². The number of aryl methyl sites for hydroxylation is 1. The van der Waals surface area contributed by atoms with Gasteiger partial charge in [0, 0.05) is 50.4 Å². The summed E-state index contributed by atoms with van der Waals surface area (Å²) in [4.78, 5) is 27.5. The third kappa shape index (κ3) is 5.08. The van der Waals surface area contributed by atoms with Crippen LogP contribution in [0.2, 0.25) is 0 Å². The van der Waals surface area contributed by atoms with Gasteiger partial charge < -0.3 is 10.2 Å². The average Bonchev–Trinajstić information content (AvgIpc) is 3.18. The van der Waals surface area contributed by atoms with Crippen molar-refractivity contribution in [2.24, 2.45) is 13.0 Å². The lowest BCUT2D eigenvalue weighted by atomic mass is 9.93. The molecule has 30 heavy (non-hydrogen) atoms. The smallest absolute Gasteiger partial charge is 0.246 e. The van der Waals surface area contributed by atoms with Crippen LogP contribution in [-0.2, 0) is 18.3 Å². The number of carbonyl (C=O) groups excluding carboxylic acids is 1. The highest BCUT2D eigenvalue weighted by Gasteiger charge is 2.23. The minimum absolute atomic E-state index is 0.0427. The van der Waals surface area contributed by atoms with Crippen LogP contribution in [0.3, 0.4) is 0 Å². The Hall–Kier alpha value is -3.55. The summed E-state index contributed by atoms with van der Waals surface area (Å²) < 4.78 is 1.74. The maximum atomic E-state index is 12.6. The molecular formula is C22H25N7O. The summed E-state index contributed by atoms with van der Waals surface area (Å²) in [5.41, 5.74) is 1.87. The number of amides is 1. The summed E-state index contributed by atoms with van der Waals surface area (Å²) in [5.74, 6) is 1.89. The highest BCUT2D eigenvalue weighted by atomic mass is 16.2. The highest BCUT2D eigenvalue weighted by Crippen LogP contribution is 2.22. The van der Waals surface area contributed by atoms with Crippen LogP contribution < -0.4 is 5.32 Å². The Morgan fingerprint density at radius 2 is 2.13 bits per heavy atom. The van der Waals surface area contributed by atoms with Gasteiger partial charge in [-0.3, -0.25) is 9.48 Å². The molecule has 0 saturated carbocycles. The molecule has 4 heterocycles. The van der Waals surface area contributed by atoms with Crippen molar-refractivity contribution < 1.29 is 4.79 Å². The van der Waals surface area contributed by atoms with E-state index in [9.17, 15) is 4.79 Å². The van der Waals surface area contributed by atoms with Crippen molar-refractivity contribution in [3.63, 3.8) is 0 Å². The molecule has 0 aliphatic carbocycles. The Morgan fingerprint density at radius 3 is 2.93 bits per heavy atom. The molecule has 8 heteroatoms. The SMILES string of the molecule is Cn1nccc1/C=C/C(=O)N1CCCC(Cc2cc(Nc3ccccn3)ncn2)C1. The molecule has 4 rings (SSSR count). The van der Waals surface area contributed by atoms with Crippen molar-refractivity contribution in [3.05, 3.63) is 66.5 Å². The van der Waals surface area contributed by atoms with E-state index in [2.05, 4.69) is 25.4 Å². The summed E-state index contributed by atoms with van der Waals surface area (Å²) in [6.45, 7) is 1.53. The molecule has 0 bridgehead atoms. The Labute approximate surface area is 175 Å². The predicted octanol–water partition coefficient (Wildman–Crippen LogP) is 2.84. The van der Waals surface area contributed by atoms with E-state index in [1.54, 1.807) is 29.5 Å². The molecule has 3 aromatic rings. The number of pyridine rings is 1. The zero-order valence-corrected chi connectivity index (χ0v) is 17.0. The number of likely N-dealkylation sites (tertiary alicyclic amines) is 1. The maximum absolute atomic E-state index is 12.6. The quantitative estimate of drug-likeness (QED) is 0.637. The van der Waals surface area contributed by atoms with E-state index in [4.69, 9.17) is 0 Å². The van der Waals surface area contributed by atoms with Gasteiger partial charge in [0.2, 0.25) is 5.91 Å². The number of nitrogens with one attached hydrogen (secondary N) is 1. The van der Waals surface area contributed by atoms with Gasteiger partial charge in [-0.05, 0) is 49.5 Å². The first-order valence-corrected chi connectivity index (χ1v) is 10.1. The van der Waals surface area contributed by atoms with Crippen molar-refractivity contribution in [3.8, 4) is 0 Å². The van der Waals surface area contributed by atoms with Gasteiger partial charge in [0.05, 0.1) is 5.69 Å². The standard InChI is InChI=1S/C22H25N7O/c1-28-19(9-11-26-28)7-8-22(30)29-12-4-5-17(15-29)13-18-14-21(25-16-24-18)27-20-6-2-3-10-23-20/h2-3,6-11,14,16-17H,4-5,12-13,15H2,1H3,(H,23,24,25,27)/b8-7+. The first-order valence-electron chi connectivity index (χ1n) is 10.1. The highest BCUT2D eigenvalue weighted by molar-refractivity contribution is 5.91. The van der Waals surface area contributed by atoms with Crippen LogP contribution in [0.25, 0.3) is 6.08 Å². The number of hydrogen-bond donors (Lipinski definition) is 1. The van der Waals surface area contributed by atoms with Crippen LogP contribution in [0.5, 0.6) is 0 Å². The fourth-order valence-corrected chi connectivity index (χ4v) is 3.68. The van der Waals surface area contributed by atoms with E-state index < -0.39 is 0 Å². The molecule has 1 atom stereocenters. The van der Waals surface area contributed by atoms with Crippen molar-refractivity contribution in [1.82, 2.24) is 29.6 Å². The van der Waals surface area contributed by atoms with Crippen LogP contribution in [0.1, 0.15) is 24.2 Å². The maximum Gasteiger partial charge on any atom is 0.246 e. The first kappa shape index (κ1) is 19.8. The molecule has 0 aromatic carbocycles. The van der Waals surface area contributed by atoms with E-state index in [1.807, 2.05) is 48.4 Å². The molecule has 1 aliphatic rings. The number of carbonyl (C=O) groups is 1. The lowest BCUT2D eigenvalue weighted by Crippen LogP contribution is -2.39. The van der Waals surface area contributed by atoms with Gasteiger partial charge in [0.15, 0.2) is 0 Å². The topological polar surface area (TPSA) is 88.8 Å². The van der Waals surface area contributed by atoms with Crippen LogP contribution in [0.4, 0.5) is 11.6 Å². The summed E-state index contributed by atoms with van der Waals surface area (Å²) in [5, 5.41) is 7.32. The van der Waals surface area contributed by atoms with Crippen molar-refractivity contribution in [2.75, 3.05) is 18.4 Å². The molecule has 1 N–H and O–H groups in total. The van der Waals surface area contributed by atoms with Crippen LogP contribution in [0.15, 0.2) is 55.1 Å². The van der Waals surface area contributed by atoms with E-state index in [-0.39, 0.29) is 5.91 Å². The van der Waals surface area contributed by atoms with E-state index in [0.717, 1.165) is 55.4 Å². The largest absolute Gasteiger partial charge is 0.339 e. The molecule has 1 saturated heterocycles.